The molecule has 148 valence electrons. The van der Waals surface area contributed by atoms with Crippen LogP contribution in [0.25, 0.3) is 16.7 Å². The summed E-state index contributed by atoms with van der Waals surface area (Å²) in [6.45, 7) is 1.51. The van der Waals surface area contributed by atoms with Gasteiger partial charge in [0, 0.05) is 11.4 Å². The second-order valence-electron chi connectivity index (χ2n) is 6.41. The van der Waals surface area contributed by atoms with Crippen molar-refractivity contribution in [2.75, 3.05) is 5.32 Å². The molecule has 1 atom stereocenters. The van der Waals surface area contributed by atoms with Crippen LogP contribution in [-0.2, 0) is 14.8 Å². The Kier molecular flexibility index (Phi) is 5.18. The lowest BCUT2D eigenvalue weighted by molar-refractivity contribution is -0.117. The molecule has 4 rings (SSSR count). The first-order valence-corrected chi connectivity index (χ1v) is 11.2. The molecule has 4 aromatic rings. The van der Waals surface area contributed by atoms with Gasteiger partial charge >= 0.3 is 0 Å². The van der Waals surface area contributed by atoms with E-state index in [1.807, 2.05) is 41.0 Å². The maximum Gasteiger partial charge on any atom is 0.250 e. The molecule has 2 heterocycles. The quantitative estimate of drug-likeness (QED) is 0.494. The number of nitrogens with zero attached hydrogens (tertiary/aromatic N) is 2. The highest BCUT2D eigenvalue weighted by molar-refractivity contribution is 7.91. The average Bonchev–Trinajstić information content (AvgIpc) is 3.39. The zero-order valence-electron chi connectivity index (χ0n) is 15.4. The van der Waals surface area contributed by atoms with Crippen LogP contribution in [-0.4, -0.2) is 29.9 Å². The summed E-state index contributed by atoms with van der Waals surface area (Å²) in [6, 6.07) is 17.3. The van der Waals surface area contributed by atoms with Gasteiger partial charge in [0.2, 0.25) is 5.91 Å². The number of para-hydroxylation sites is 2. The lowest BCUT2D eigenvalue weighted by Gasteiger charge is -2.14. The first-order chi connectivity index (χ1) is 13.9. The van der Waals surface area contributed by atoms with Crippen LogP contribution >= 0.6 is 11.3 Å². The Morgan fingerprint density at radius 3 is 2.55 bits per heavy atom. The highest BCUT2D eigenvalue weighted by Crippen LogP contribution is 2.20. The van der Waals surface area contributed by atoms with Crippen LogP contribution in [0.5, 0.6) is 0 Å². The van der Waals surface area contributed by atoms with Gasteiger partial charge in [0.05, 0.1) is 17.1 Å². The topological polar surface area (TPSA) is 93.1 Å². The van der Waals surface area contributed by atoms with Crippen LogP contribution in [0, 0.1) is 0 Å². The van der Waals surface area contributed by atoms with E-state index in [1.54, 1.807) is 29.9 Å². The molecule has 1 amide bonds. The van der Waals surface area contributed by atoms with E-state index in [0.717, 1.165) is 28.1 Å². The summed E-state index contributed by atoms with van der Waals surface area (Å²) in [6.07, 6.45) is 1.75. The Balaban J connectivity index is 1.45. The number of anilines is 1. The molecule has 0 saturated heterocycles. The van der Waals surface area contributed by atoms with Gasteiger partial charge in [0.1, 0.15) is 10.5 Å². The molecule has 7 nitrogen and oxygen atoms in total. The predicted octanol–water partition coefficient (Wildman–Crippen LogP) is 3.39. The molecule has 9 heteroatoms. The number of rotatable bonds is 6. The van der Waals surface area contributed by atoms with E-state index in [1.165, 1.54) is 13.0 Å². The monoisotopic (exact) mass is 426 g/mol. The number of nitrogens with one attached hydrogen (secondary N) is 2. The van der Waals surface area contributed by atoms with Crippen molar-refractivity contribution in [1.82, 2.24) is 14.3 Å². The van der Waals surface area contributed by atoms with Crippen LogP contribution < -0.4 is 10.0 Å². The first kappa shape index (κ1) is 19.3. The molecule has 0 fully saturated rings. The molecular weight excluding hydrogens is 408 g/mol. The van der Waals surface area contributed by atoms with E-state index in [-0.39, 0.29) is 4.21 Å². The molecule has 0 spiro atoms. The summed E-state index contributed by atoms with van der Waals surface area (Å²) in [5, 5.41) is 4.40. The number of aromatic nitrogens is 2. The zero-order valence-corrected chi connectivity index (χ0v) is 17.1. The smallest absolute Gasteiger partial charge is 0.250 e. The molecule has 0 aliphatic heterocycles. The number of carbonyl (C=O) groups excluding carboxylic acids is 1. The van der Waals surface area contributed by atoms with Gasteiger partial charge in [-0.05, 0) is 54.8 Å². The van der Waals surface area contributed by atoms with Gasteiger partial charge in [-0.15, -0.1) is 11.3 Å². The number of hydrogen-bond donors (Lipinski definition) is 2. The summed E-state index contributed by atoms with van der Waals surface area (Å²) in [5.41, 5.74) is 3.37. The van der Waals surface area contributed by atoms with Crippen molar-refractivity contribution >= 4 is 44.0 Å². The SMILES string of the molecule is CC(NS(=O)(=O)c1cccs1)C(=O)Nc1ccc(-n2cnc3ccccc32)cc1. The minimum atomic E-state index is -3.71. The summed E-state index contributed by atoms with van der Waals surface area (Å²) in [4.78, 5) is 16.8. The van der Waals surface area contributed by atoms with E-state index in [2.05, 4.69) is 15.0 Å². The van der Waals surface area contributed by atoms with Crippen molar-refractivity contribution in [1.29, 1.82) is 0 Å². The fourth-order valence-electron chi connectivity index (χ4n) is 2.88. The minimum absolute atomic E-state index is 0.175. The number of thiophene rings is 1. The van der Waals surface area contributed by atoms with Crippen molar-refractivity contribution in [3.05, 3.63) is 72.4 Å². The number of fused-ring (bicyclic) bond motifs is 1. The van der Waals surface area contributed by atoms with Crippen LogP contribution in [0.1, 0.15) is 6.92 Å². The van der Waals surface area contributed by atoms with Crippen molar-refractivity contribution in [3.8, 4) is 5.69 Å². The predicted molar refractivity (Wildman–Crippen MR) is 114 cm³/mol. The molecule has 0 radical (unpaired) electrons. The van der Waals surface area contributed by atoms with E-state index < -0.39 is 22.0 Å². The second-order valence-corrected chi connectivity index (χ2v) is 9.30. The van der Waals surface area contributed by atoms with Gasteiger partial charge in [-0.3, -0.25) is 9.36 Å². The van der Waals surface area contributed by atoms with Crippen molar-refractivity contribution < 1.29 is 13.2 Å². The van der Waals surface area contributed by atoms with E-state index >= 15 is 0 Å². The number of hydrogen-bond acceptors (Lipinski definition) is 5. The third-order valence-corrected chi connectivity index (χ3v) is 7.29. The van der Waals surface area contributed by atoms with Gasteiger partial charge in [0.15, 0.2) is 0 Å². The lowest BCUT2D eigenvalue weighted by atomic mass is 10.2. The van der Waals surface area contributed by atoms with Gasteiger partial charge in [-0.2, -0.15) is 4.72 Å². The Bertz CT molecular complexity index is 1250. The molecular formula is C20H18N4O3S2. The summed E-state index contributed by atoms with van der Waals surface area (Å²) in [7, 11) is -3.71. The molecule has 2 aromatic carbocycles. The van der Waals surface area contributed by atoms with Crippen molar-refractivity contribution in [2.24, 2.45) is 0 Å². The van der Waals surface area contributed by atoms with E-state index in [9.17, 15) is 13.2 Å². The number of benzene rings is 2. The van der Waals surface area contributed by atoms with Crippen LogP contribution in [0.4, 0.5) is 5.69 Å². The van der Waals surface area contributed by atoms with Gasteiger partial charge in [-0.1, -0.05) is 18.2 Å². The second kappa shape index (κ2) is 7.78. The highest BCUT2D eigenvalue weighted by atomic mass is 32.2. The van der Waals surface area contributed by atoms with Crippen LogP contribution in [0.15, 0.2) is 76.6 Å². The molecule has 0 saturated carbocycles. The maximum absolute atomic E-state index is 12.4. The zero-order chi connectivity index (χ0) is 20.4. The lowest BCUT2D eigenvalue weighted by Crippen LogP contribution is -2.41. The third kappa shape index (κ3) is 4.07. The molecule has 0 bridgehead atoms. The summed E-state index contributed by atoms with van der Waals surface area (Å²) < 4.78 is 29.0. The number of amides is 1. The van der Waals surface area contributed by atoms with Crippen molar-refractivity contribution in [3.63, 3.8) is 0 Å². The molecule has 0 aliphatic carbocycles. The van der Waals surface area contributed by atoms with E-state index in [0.29, 0.717) is 5.69 Å². The van der Waals surface area contributed by atoms with Gasteiger partial charge in [0.25, 0.3) is 10.0 Å². The number of sulfonamides is 1. The Labute approximate surface area is 172 Å². The number of imidazole rings is 1. The van der Waals surface area contributed by atoms with Crippen molar-refractivity contribution in [2.45, 2.75) is 17.2 Å². The van der Waals surface area contributed by atoms with Crippen LogP contribution in [0.2, 0.25) is 0 Å². The molecule has 0 aliphatic rings. The molecule has 2 aromatic heterocycles. The normalized spacial score (nSPS) is 12.7. The standard InChI is InChI=1S/C20H18N4O3S2/c1-14(23-29(26,27)19-7-4-12-28-19)20(25)22-15-8-10-16(11-9-15)24-13-21-17-5-2-3-6-18(17)24/h2-14,23H,1H3,(H,22,25). The first-order valence-electron chi connectivity index (χ1n) is 8.83. The molecule has 1 unspecified atom stereocenters. The van der Waals surface area contributed by atoms with Gasteiger partial charge in [-0.25, -0.2) is 13.4 Å². The van der Waals surface area contributed by atoms with Gasteiger partial charge < -0.3 is 5.32 Å². The summed E-state index contributed by atoms with van der Waals surface area (Å²) in [5.74, 6) is -0.439. The fourth-order valence-corrected chi connectivity index (χ4v) is 5.09. The van der Waals surface area contributed by atoms with Crippen LogP contribution in [0.3, 0.4) is 0 Å². The largest absolute Gasteiger partial charge is 0.325 e. The molecule has 29 heavy (non-hydrogen) atoms. The fraction of sp³-hybridized carbons (Fsp3) is 0.100. The number of carbonyl (C=O) groups is 1. The Morgan fingerprint density at radius 1 is 1.07 bits per heavy atom. The van der Waals surface area contributed by atoms with E-state index in [4.69, 9.17) is 0 Å². The minimum Gasteiger partial charge on any atom is -0.325 e. The maximum atomic E-state index is 12.4. The summed E-state index contributed by atoms with van der Waals surface area (Å²) >= 11 is 1.10. The Morgan fingerprint density at radius 2 is 1.83 bits per heavy atom. The third-order valence-electron chi connectivity index (χ3n) is 4.35. The average molecular weight is 427 g/mol. The molecule has 2 N–H and O–H groups in total. The highest BCUT2D eigenvalue weighted by Gasteiger charge is 2.22. The Hall–Kier alpha value is -3.01.